The third-order valence-corrected chi connectivity index (χ3v) is 4.63. The van der Waals surface area contributed by atoms with Gasteiger partial charge in [0, 0.05) is 11.9 Å². The molecule has 3 amide bonds. The van der Waals surface area contributed by atoms with Crippen LogP contribution in [0.1, 0.15) is 24.2 Å². The van der Waals surface area contributed by atoms with Crippen molar-refractivity contribution in [3.8, 4) is 11.5 Å². The predicted octanol–water partition coefficient (Wildman–Crippen LogP) is 1.42. The number of nitrogens with zero attached hydrogens (tertiary/aromatic N) is 2. The molecular formula is C22H23N5O6. The molecule has 0 aliphatic carbocycles. The van der Waals surface area contributed by atoms with Crippen LogP contribution in [0.4, 0.5) is 4.79 Å². The van der Waals surface area contributed by atoms with Crippen LogP contribution < -0.4 is 25.5 Å². The van der Waals surface area contributed by atoms with E-state index in [1.54, 1.807) is 49.5 Å². The van der Waals surface area contributed by atoms with Gasteiger partial charge in [-0.25, -0.2) is 15.0 Å². The Balaban J connectivity index is 1.70. The lowest BCUT2D eigenvalue weighted by molar-refractivity contribution is -0.136. The highest BCUT2D eigenvalue weighted by molar-refractivity contribution is 5.95. The molecule has 0 radical (unpaired) electrons. The van der Waals surface area contributed by atoms with Crippen molar-refractivity contribution in [1.29, 1.82) is 0 Å². The quantitative estimate of drug-likeness (QED) is 0.312. The van der Waals surface area contributed by atoms with Crippen LogP contribution in [0.2, 0.25) is 0 Å². The first-order valence-corrected chi connectivity index (χ1v) is 9.83. The van der Waals surface area contributed by atoms with Gasteiger partial charge in [0.25, 0.3) is 5.91 Å². The van der Waals surface area contributed by atoms with Gasteiger partial charge < -0.3 is 24.8 Å². The highest BCUT2D eigenvalue weighted by Crippen LogP contribution is 2.34. The van der Waals surface area contributed by atoms with Crippen molar-refractivity contribution in [2.75, 3.05) is 20.8 Å². The number of rotatable bonds is 8. The van der Waals surface area contributed by atoms with E-state index in [1.807, 2.05) is 0 Å². The summed E-state index contributed by atoms with van der Waals surface area (Å²) in [5.74, 6) is -0.449. The summed E-state index contributed by atoms with van der Waals surface area (Å²) < 4.78 is 15.8. The molecule has 1 aromatic carbocycles. The molecule has 0 unspecified atom stereocenters. The molecule has 0 saturated heterocycles. The van der Waals surface area contributed by atoms with E-state index in [-0.39, 0.29) is 12.2 Å². The summed E-state index contributed by atoms with van der Waals surface area (Å²) in [4.78, 5) is 40.3. The second-order valence-electron chi connectivity index (χ2n) is 6.81. The highest BCUT2D eigenvalue weighted by atomic mass is 16.5. The van der Waals surface area contributed by atoms with Gasteiger partial charge in [-0.2, -0.15) is 5.10 Å². The highest BCUT2D eigenvalue weighted by Gasteiger charge is 2.32. The molecule has 3 rings (SSSR count). The lowest BCUT2D eigenvalue weighted by Crippen LogP contribution is -2.45. The SMILES string of the molecule is COC(=O)C1=C(C)NC(=O)N[C@@H]1c1ccc(OCC(=O)N/N=C\c2ccccn2)c(OC)c1. The number of nitrogens with one attached hydrogen (secondary N) is 3. The van der Waals surface area contributed by atoms with Gasteiger partial charge in [0.15, 0.2) is 18.1 Å². The first-order valence-electron chi connectivity index (χ1n) is 9.83. The van der Waals surface area contributed by atoms with Crippen molar-refractivity contribution in [2.24, 2.45) is 5.10 Å². The molecule has 0 bridgehead atoms. The minimum absolute atomic E-state index is 0.262. The molecule has 11 heteroatoms. The fourth-order valence-electron chi connectivity index (χ4n) is 3.11. The number of esters is 1. The van der Waals surface area contributed by atoms with Crippen molar-refractivity contribution >= 4 is 24.1 Å². The number of aromatic nitrogens is 1. The van der Waals surface area contributed by atoms with E-state index in [0.717, 1.165) is 0 Å². The number of hydrogen-bond acceptors (Lipinski definition) is 8. The number of urea groups is 1. The van der Waals surface area contributed by atoms with Gasteiger partial charge in [0.05, 0.1) is 37.7 Å². The van der Waals surface area contributed by atoms with Crippen LogP contribution in [0, 0.1) is 0 Å². The maximum atomic E-state index is 12.3. The van der Waals surface area contributed by atoms with Gasteiger partial charge in [-0.15, -0.1) is 0 Å². The molecule has 1 atom stereocenters. The predicted molar refractivity (Wildman–Crippen MR) is 118 cm³/mol. The van der Waals surface area contributed by atoms with Crippen LogP contribution in [0.25, 0.3) is 0 Å². The second-order valence-corrected chi connectivity index (χ2v) is 6.81. The summed E-state index contributed by atoms with van der Waals surface area (Å²) in [6, 6.07) is 8.96. The maximum Gasteiger partial charge on any atom is 0.337 e. The van der Waals surface area contributed by atoms with Gasteiger partial charge in [-0.05, 0) is 36.8 Å². The second kappa shape index (κ2) is 10.8. The zero-order chi connectivity index (χ0) is 23.8. The van der Waals surface area contributed by atoms with Crippen LogP contribution >= 0.6 is 0 Å². The molecule has 172 valence electrons. The number of hydrazone groups is 1. The summed E-state index contributed by atoms with van der Waals surface area (Å²) in [5, 5.41) is 9.08. The van der Waals surface area contributed by atoms with Crippen LogP contribution in [-0.2, 0) is 14.3 Å². The number of ether oxygens (including phenoxy) is 3. The number of amides is 3. The number of allylic oxidation sites excluding steroid dienone is 1. The topological polar surface area (TPSA) is 140 Å². The summed E-state index contributed by atoms with van der Waals surface area (Å²) >= 11 is 0. The number of benzene rings is 1. The van der Waals surface area contributed by atoms with E-state index in [2.05, 4.69) is 26.1 Å². The standard InChI is InChI=1S/C22H23N5O6/c1-13-19(21(29)32-3)20(26-22(30)25-13)14-7-8-16(17(10-14)31-2)33-12-18(28)27-24-11-15-6-4-5-9-23-15/h4-11,20H,12H2,1-3H3,(H,27,28)(H2,25,26,30)/b24-11-/t20-/m1/s1. The van der Waals surface area contributed by atoms with Crippen molar-refractivity contribution in [2.45, 2.75) is 13.0 Å². The minimum atomic E-state index is -0.751. The molecule has 0 saturated carbocycles. The molecule has 11 nitrogen and oxygen atoms in total. The number of carbonyl (C=O) groups is 3. The molecule has 0 fully saturated rings. The van der Waals surface area contributed by atoms with Crippen LogP contribution in [0.15, 0.2) is 59.0 Å². The molecular weight excluding hydrogens is 430 g/mol. The minimum Gasteiger partial charge on any atom is -0.493 e. The first kappa shape index (κ1) is 23.3. The van der Waals surface area contributed by atoms with Crippen LogP contribution in [0.5, 0.6) is 11.5 Å². The lowest BCUT2D eigenvalue weighted by atomic mass is 9.95. The van der Waals surface area contributed by atoms with Gasteiger partial charge in [-0.3, -0.25) is 9.78 Å². The average Bonchev–Trinajstić information content (AvgIpc) is 2.82. The zero-order valence-electron chi connectivity index (χ0n) is 18.2. The maximum absolute atomic E-state index is 12.3. The van der Waals surface area contributed by atoms with Gasteiger partial charge >= 0.3 is 12.0 Å². The van der Waals surface area contributed by atoms with E-state index in [4.69, 9.17) is 14.2 Å². The van der Waals surface area contributed by atoms with Crippen molar-refractivity contribution in [1.82, 2.24) is 21.0 Å². The Labute approximate surface area is 189 Å². The Morgan fingerprint density at radius 2 is 2.03 bits per heavy atom. The van der Waals surface area contributed by atoms with E-state index in [1.165, 1.54) is 20.4 Å². The average molecular weight is 453 g/mol. The smallest absolute Gasteiger partial charge is 0.337 e. The van der Waals surface area contributed by atoms with Gasteiger partial charge in [-0.1, -0.05) is 12.1 Å². The third kappa shape index (κ3) is 5.85. The molecule has 0 spiro atoms. The normalized spacial score (nSPS) is 15.5. The molecule has 2 aromatic rings. The van der Waals surface area contributed by atoms with Gasteiger partial charge in [0.1, 0.15) is 0 Å². The van der Waals surface area contributed by atoms with Crippen LogP contribution in [-0.4, -0.2) is 49.9 Å². The van der Waals surface area contributed by atoms with E-state index < -0.39 is 23.9 Å². The summed E-state index contributed by atoms with van der Waals surface area (Å²) in [7, 11) is 2.70. The Morgan fingerprint density at radius 3 is 2.73 bits per heavy atom. The zero-order valence-corrected chi connectivity index (χ0v) is 18.2. The van der Waals surface area contributed by atoms with E-state index in [9.17, 15) is 14.4 Å². The monoisotopic (exact) mass is 453 g/mol. The lowest BCUT2D eigenvalue weighted by Gasteiger charge is -2.28. The molecule has 2 heterocycles. The van der Waals surface area contributed by atoms with Crippen LogP contribution in [0.3, 0.4) is 0 Å². The fraction of sp³-hybridized carbons (Fsp3) is 0.227. The Bertz CT molecular complexity index is 1100. The van der Waals surface area contributed by atoms with E-state index in [0.29, 0.717) is 28.5 Å². The Morgan fingerprint density at radius 1 is 1.21 bits per heavy atom. The number of hydrogen-bond donors (Lipinski definition) is 3. The summed E-state index contributed by atoms with van der Waals surface area (Å²) in [6.45, 7) is 1.30. The third-order valence-electron chi connectivity index (χ3n) is 4.63. The fourth-order valence-corrected chi connectivity index (χ4v) is 3.11. The molecule has 33 heavy (non-hydrogen) atoms. The summed E-state index contributed by atoms with van der Waals surface area (Å²) in [6.07, 6.45) is 3.03. The summed E-state index contributed by atoms with van der Waals surface area (Å²) in [5.41, 5.74) is 4.16. The molecule has 1 aliphatic rings. The Hall–Kier alpha value is -4.41. The Kier molecular flexibility index (Phi) is 7.58. The van der Waals surface area contributed by atoms with Crippen molar-refractivity contribution in [3.63, 3.8) is 0 Å². The van der Waals surface area contributed by atoms with Gasteiger partial charge in [0.2, 0.25) is 0 Å². The van der Waals surface area contributed by atoms with E-state index >= 15 is 0 Å². The largest absolute Gasteiger partial charge is 0.493 e. The molecule has 3 N–H and O–H groups in total. The number of pyridine rings is 1. The van der Waals surface area contributed by atoms with Crippen molar-refractivity contribution < 1.29 is 28.6 Å². The molecule has 1 aliphatic heterocycles. The first-order chi connectivity index (χ1) is 15.9. The number of carbonyl (C=O) groups excluding carboxylic acids is 3. The number of methoxy groups -OCH3 is 2. The molecule has 1 aromatic heterocycles. The van der Waals surface area contributed by atoms with Crippen molar-refractivity contribution in [3.05, 3.63) is 65.1 Å².